The van der Waals surface area contributed by atoms with Crippen molar-refractivity contribution in [3.63, 3.8) is 0 Å². The molecular weight excluding hydrogens is 465 g/mol. The molecule has 0 spiro atoms. The largest absolute Gasteiger partial charge is 0.394 e. The van der Waals surface area contributed by atoms with E-state index in [1.807, 2.05) is 0 Å². The van der Waals surface area contributed by atoms with E-state index in [0.29, 0.717) is 0 Å². The first-order valence-corrected chi connectivity index (χ1v) is 8.38. The molecular formula is H14Al3O16S4. The van der Waals surface area contributed by atoms with Gasteiger partial charge in [0, 0.05) is 17.4 Å². The molecule has 0 amide bonds. The van der Waals surface area contributed by atoms with Gasteiger partial charge in [-0.15, -0.1) is 0 Å². The molecule has 0 heterocycles. The minimum Gasteiger partial charge on any atom is -0.264 e. The van der Waals surface area contributed by atoms with Crippen molar-refractivity contribution in [3.8, 4) is 0 Å². The Kier molecular flexibility index (Phi) is 34.2. The third-order valence-corrected chi connectivity index (χ3v) is 0. The molecule has 0 fully saturated rings. The van der Waals surface area contributed by atoms with Crippen LogP contribution in [-0.4, -0.2) is 122 Å². The van der Waals surface area contributed by atoms with E-state index in [1.165, 1.54) is 0 Å². The van der Waals surface area contributed by atoms with E-state index < -0.39 is 41.6 Å². The predicted octanol–water partition coefficient (Wildman–Crippen LogP) is -5.36. The fraction of sp³-hybridized carbons (Fsp3) is 0. The zero-order chi connectivity index (χ0) is 18.0. The van der Waals surface area contributed by atoms with Gasteiger partial charge >= 0.3 is 41.6 Å². The van der Waals surface area contributed by atoms with E-state index in [4.69, 9.17) is 70.1 Å². The number of hydrogen-bond acceptors (Lipinski definition) is 8. The summed E-state index contributed by atoms with van der Waals surface area (Å²) in [5.74, 6) is 0. The van der Waals surface area contributed by atoms with Crippen LogP contribution in [0.3, 0.4) is 0 Å². The summed E-state index contributed by atoms with van der Waals surface area (Å²) in [5.41, 5.74) is 0. The zero-order valence-corrected chi connectivity index (χ0v) is 13.5. The SMILES string of the molecule is O=S(=O)(O)O.O=S(=O)(O)O.O=S(=O)(O)O.O=S(=O)(O)O.[AlH3].[AlH3].[Al]. The highest BCUT2D eigenvalue weighted by Crippen LogP contribution is 1.60. The van der Waals surface area contributed by atoms with Crippen molar-refractivity contribution >= 4 is 93.7 Å². The molecule has 0 aliphatic rings. The fourth-order valence-corrected chi connectivity index (χ4v) is 0. The molecule has 0 rings (SSSR count). The van der Waals surface area contributed by atoms with E-state index in [0.717, 1.165) is 0 Å². The summed E-state index contributed by atoms with van der Waals surface area (Å²) in [7, 11) is -18.7. The molecule has 0 aliphatic heterocycles. The van der Waals surface area contributed by atoms with Gasteiger partial charge in [-0.25, -0.2) is 0 Å². The van der Waals surface area contributed by atoms with Gasteiger partial charge in [0.2, 0.25) is 0 Å². The Labute approximate surface area is 163 Å². The Bertz CT molecular complexity index is 480. The topological polar surface area (TPSA) is 298 Å². The first kappa shape index (κ1) is 44.0. The van der Waals surface area contributed by atoms with Gasteiger partial charge in [0.15, 0.2) is 34.7 Å². The van der Waals surface area contributed by atoms with Crippen molar-refractivity contribution in [2.24, 2.45) is 0 Å². The van der Waals surface area contributed by atoms with Crippen molar-refractivity contribution in [1.82, 2.24) is 0 Å². The second-order valence-corrected chi connectivity index (χ2v) is 5.37. The summed E-state index contributed by atoms with van der Waals surface area (Å²) in [6, 6.07) is 0. The molecule has 0 bridgehead atoms. The van der Waals surface area contributed by atoms with E-state index in [9.17, 15) is 0 Å². The second kappa shape index (κ2) is 17.9. The minimum atomic E-state index is -4.67. The Hall–Kier alpha value is 1.08. The second-order valence-electron chi connectivity index (χ2n) is 1.79. The van der Waals surface area contributed by atoms with Gasteiger partial charge in [-0.2, -0.15) is 33.7 Å². The minimum absolute atomic E-state index is 0. The average Bonchev–Trinajstić information content (AvgIpc) is 1.62. The highest BCUT2D eigenvalue weighted by atomic mass is 32.3. The summed E-state index contributed by atoms with van der Waals surface area (Å²) in [4.78, 5) is 0. The van der Waals surface area contributed by atoms with Crippen LogP contribution < -0.4 is 0 Å². The van der Waals surface area contributed by atoms with E-state index in [-0.39, 0.29) is 52.1 Å². The molecule has 23 heavy (non-hydrogen) atoms. The first-order valence-electron chi connectivity index (χ1n) is 2.79. The van der Waals surface area contributed by atoms with E-state index in [2.05, 4.69) is 0 Å². The molecule has 0 aromatic rings. The molecule has 23 heteroatoms. The van der Waals surface area contributed by atoms with Gasteiger partial charge in [-0.05, 0) is 0 Å². The van der Waals surface area contributed by atoms with Crippen LogP contribution in [0.2, 0.25) is 0 Å². The lowest BCUT2D eigenvalue weighted by Crippen LogP contribution is -1.89. The van der Waals surface area contributed by atoms with Crippen LogP contribution >= 0.6 is 0 Å². The zero-order valence-electron chi connectivity index (χ0n) is 9.05. The lowest BCUT2D eigenvalue weighted by Gasteiger charge is -1.68. The summed E-state index contributed by atoms with van der Waals surface area (Å²) in [5, 5.41) is 0. The van der Waals surface area contributed by atoms with Crippen molar-refractivity contribution in [1.29, 1.82) is 0 Å². The Morgan fingerprint density at radius 3 is 0.348 bits per heavy atom. The van der Waals surface area contributed by atoms with Gasteiger partial charge in [0.1, 0.15) is 0 Å². The lowest BCUT2D eigenvalue weighted by molar-refractivity contribution is 0.378. The van der Waals surface area contributed by atoms with Crippen molar-refractivity contribution in [2.45, 2.75) is 0 Å². The van der Waals surface area contributed by atoms with Crippen molar-refractivity contribution < 1.29 is 70.1 Å². The molecule has 0 saturated carbocycles. The Morgan fingerprint density at radius 2 is 0.348 bits per heavy atom. The van der Waals surface area contributed by atoms with Crippen LogP contribution in [0, 0.1) is 0 Å². The van der Waals surface area contributed by atoms with Crippen molar-refractivity contribution in [3.05, 3.63) is 0 Å². The van der Waals surface area contributed by atoms with Gasteiger partial charge in [-0.1, -0.05) is 0 Å². The highest BCUT2D eigenvalue weighted by Gasteiger charge is 1.86. The van der Waals surface area contributed by atoms with Crippen molar-refractivity contribution in [2.75, 3.05) is 0 Å². The number of rotatable bonds is 0. The third-order valence-electron chi connectivity index (χ3n) is 0. The fourth-order valence-electron chi connectivity index (χ4n) is 0. The van der Waals surface area contributed by atoms with Gasteiger partial charge < -0.3 is 0 Å². The van der Waals surface area contributed by atoms with Crippen LogP contribution in [0.25, 0.3) is 0 Å². The maximum absolute atomic E-state index is 8.74. The standard InChI is InChI=1S/3Al.4H2O4S.6H/c;;;4*1-5(2,3)4;;;;;;/h;;;4*(H2,1,2,3,4);;;;;;. The summed E-state index contributed by atoms with van der Waals surface area (Å²) >= 11 is 0. The van der Waals surface area contributed by atoms with Gasteiger partial charge in [-0.3, -0.25) is 36.4 Å². The monoisotopic (exact) mass is 479 g/mol. The van der Waals surface area contributed by atoms with Crippen LogP contribution in [0.4, 0.5) is 0 Å². The van der Waals surface area contributed by atoms with Crippen LogP contribution in [0.5, 0.6) is 0 Å². The highest BCUT2D eigenvalue weighted by molar-refractivity contribution is 7.80. The molecule has 3 radical (unpaired) electrons. The van der Waals surface area contributed by atoms with Gasteiger partial charge in [0.25, 0.3) is 0 Å². The summed E-state index contributed by atoms with van der Waals surface area (Å²) in [6.07, 6.45) is 0. The van der Waals surface area contributed by atoms with Gasteiger partial charge in [0.05, 0.1) is 0 Å². The van der Waals surface area contributed by atoms with E-state index in [1.54, 1.807) is 0 Å². The Balaban J connectivity index is -0.0000000284. The average molecular weight is 479 g/mol. The van der Waals surface area contributed by atoms with Crippen LogP contribution in [-0.2, 0) is 41.6 Å². The molecule has 143 valence electrons. The van der Waals surface area contributed by atoms with E-state index >= 15 is 0 Å². The molecule has 16 nitrogen and oxygen atoms in total. The molecule has 0 aromatic heterocycles. The maximum atomic E-state index is 8.74. The quantitative estimate of drug-likeness (QED) is 0.119. The normalized spacial score (nSPS) is 10.1. The molecule has 0 atom stereocenters. The first-order chi connectivity index (χ1) is 8.00. The third kappa shape index (κ3) is 8830. The summed E-state index contributed by atoms with van der Waals surface area (Å²) < 4.78 is 126. The molecule has 0 unspecified atom stereocenters. The predicted molar refractivity (Wildman–Crippen MR) is 82.3 cm³/mol. The maximum Gasteiger partial charge on any atom is 0.394 e. The molecule has 0 aliphatic carbocycles. The molecule has 0 aromatic carbocycles. The smallest absolute Gasteiger partial charge is 0.264 e. The molecule has 0 saturated heterocycles. The van der Waals surface area contributed by atoms with Crippen LogP contribution in [0.1, 0.15) is 0 Å². The van der Waals surface area contributed by atoms with Crippen LogP contribution in [0.15, 0.2) is 0 Å². The number of hydrogen-bond donors (Lipinski definition) is 8. The summed E-state index contributed by atoms with van der Waals surface area (Å²) in [6.45, 7) is 0. The molecule has 8 N–H and O–H groups in total. The lowest BCUT2D eigenvalue weighted by atomic mass is 15.8. The Morgan fingerprint density at radius 1 is 0.348 bits per heavy atom.